The third kappa shape index (κ3) is 2.91. The molecule has 1 aromatic carbocycles. The Hall–Kier alpha value is -1.52. The molecular formula is C12H12F2N2O2S. The first-order valence-electron chi connectivity index (χ1n) is 5.73. The zero-order valence-electron chi connectivity index (χ0n) is 10.0. The van der Waals surface area contributed by atoms with Crippen molar-refractivity contribution in [3.8, 4) is 6.07 Å². The maximum atomic E-state index is 13.3. The Balaban J connectivity index is 2.29. The largest absolute Gasteiger partial charge is 0.261 e. The zero-order valence-corrected chi connectivity index (χ0v) is 10.8. The molecule has 0 unspecified atom stereocenters. The van der Waals surface area contributed by atoms with E-state index in [0.717, 1.165) is 4.31 Å². The molecule has 0 bridgehead atoms. The molecular weight excluding hydrogens is 274 g/mol. The van der Waals surface area contributed by atoms with E-state index in [4.69, 9.17) is 5.26 Å². The van der Waals surface area contributed by atoms with E-state index in [1.165, 1.54) is 24.3 Å². The first kappa shape index (κ1) is 13.9. The number of hydrogen-bond donors (Lipinski definition) is 0. The summed E-state index contributed by atoms with van der Waals surface area (Å²) >= 11 is 0. The van der Waals surface area contributed by atoms with Gasteiger partial charge in [-0.15, -0.1) is 0 Å². The van der Waals surface area contributed by atoms with Crippen LogP contribution < -0.4 is 0 Å². The van der Waals surface area contributed by atoms with Crippen LogP contribution in [0.3, 0.4) is 0 Å². The van der Waals surface area contributed by atoms with Crippen molar-refractivity contribution in [3.05, 3.63) is 29.8 Å². The van der Waals surface area contributed by atoms with E-state index >= 15 is 0 Å². The van der Waals surface area contributed by atoms with Crippen molar-refractivity contribution in [2.75, 3.05) is 13.1 Å². The van der Waals surface area contributed by atoms with Crippen molar-refractivity contribution in [1.82, 2.24) is 4.31 Å². The number of nitrogens with zero attached hydrogens (tertiary/aromatic N) is 2. The van der Waals surface area contributed by atoms with Crippen molar-refractivity contribution in [2.45, 2.75) is 23.7 Å². The fraction of sp³-hybridized carbons (Fsp3) is 0.417. The molecule has 102 valence electrons. The molecule has 0 saturated carbocycles. The van der Waals surface area contributed by atoms with Crippen molar-refractivity contribution in [3.63, 3.8) is 0 Å². The van der Waals surface area contributed by atoms with Crippen LogP contribution in [-0.4, -0.2) is 31.7 Å². The van der Waals surface area contributed by atoms with Gasteiger partial charge in [-0.05, 0) is 30.7 Å². The van der Waals surface area contributed by atoms with E-state index in [1.54, 1.807) is 0 Å². The van der Waals surface area contributed by atoms with E-state index in [0.29, 0.717) is 5.56 Å². The highest BCUT2D eigenvalue weighted by atomic mass is 32.2. The maximum Gasteiger partial charge on any atom is 0.261 e. The summed E-state index contributed by atoms with van der Waals surface area (Å²) in [5.74, 6) is -2.97. The molecule has 0 spiro atoms. The molecule has 0 aromatic heterocycles. The van der Waals surface area contributed by atoms with E-state index in [1.807, 2.05) is 6.07 Å². The number of rotatable bonds is 2. The van der Waals surface area contributed by atoms with Gasteiger partial charge in [-0.1, -0.05) is 0 Å². The number of halogens is 2. The molecule has 0 atom stereocenters. The minimum absolute atomic E-state index is 0.0656. The molecule has 7 heteroatoms. The van der Waals surface area contributed by atoms with E-state index in [-0.39, 0.29) is 24.3 Å². The number of benzene rings is 1. The lowest BCUT2D eigenvalue weighted by Crippen LogP contribution is -2.45. The Kier molecular flexibility index (Phi) is 3.56. The number of sulfonamides is 1. The summed E-state index contributed by atoms with van der Waals surface area (Å²) in [6, 6.07) is 7.11. The van der Waals surface area contributed by atoms with Crippen LogP contribution in [0.5, 0.6) is 0 Å². The lowest BCUT2D eigenvalue weighted by Gasteiger charge is -2.31. The molecule has 1 heterocycles. The molecule has 4 nitrogen and oxygen atoms in total. The van der Waals surface area contributed by atoms with Gasteiger partial charge in [-0.2, -0.15) is 9.57 Å². The van der Waals surface area contributed by atoms with Gasteiger partial charge >= 0.3 is 0 Å². The Morgan fingerprint density at radius 2 is 1.89 bits per heavy atom. The van der Waals surface area contributed by atoms with Crippen LogP contribution in [0.15, 0.2) is 29.2 Å². The lowest BCUT2D eigenvalue weighted by atomic mass is 10.1. The van der Waals surface area contributed by atoms with Gasteiger partial charge < -0.3 is 0 Å². The summed E-state index contributed by atoms with van der Waals surface area (Å²) < 4.78 is 51.7. The second-order valence-electron chi connectivity index (χ2n) is 4.43. The highest BCUT2D eigenvalue weighted by molar-refractivity contribution is 7.89. The van der Waals surface area contributed by atoms with E-state index < -0.39 is 22.5 Å². The predicted octanol–water partition coefficient (Wildman–Crippen LogP) is 1.98. The Morgan fingerprint density at radius 3 is 2.42 bits per heavy atom. The summed E-state index contributed by atoms with van der Waals surface area (Å²) in [6.45, 7) is -0.687. The standard InChI is InChI=1S/C12H12F2N2O2S/c13-12(14)6-1-7-16(9-12)19(17,18)11-4-2-10(8-15)3-5-11/h2-5H,1,6-7,9H2. The molecule has 0 N–H and O–H groups in total. The molecule has 1 aliphatic heterocycles. The van der Waals surface area contributed by atoms with Gasteiger partial charge in [0.05, 0.1) is 23.1 Å². The van der Waals surface area contributed by atoms with Crippen LogP contribution in [0, 0.1) is 11.3 Å². The van der Waals surface area contributed by atoms with Crippen molar-refractivity contribution >= 4 is 10.0 Å². The zero-order chi connectivity index (χ0) is 14.1. The third-order valence-electron chi connectivity index (χ3n) is 2.98. The van der Waals surface area contributed by atoms with Crippen LogP contribution in [-0.2, 0) is 10.0 Å². The summed E-state index contributed by atoms with van der Waals surface area (Å²) in [5.41, 5.74) is 0.322. The predicted molar refractivity (Wildman–Crippen MR) is 64.1 cm³/mol. The molecule has 19 heavy (non-hydrogen) atoms. The number of hydrogen-bond acceptors (Lipinski definition) is 3. The Bertz CT molecular complexity index is 606. The lowest BCUT2D eigenvalue weighted by molar-refractivity contribution is -0.0434. The highest BCUT2D eigenvalue weighted by Gasteiger charge is 2.40. The normalized spacial score (nSPS) is 19.8. The van der Waals surface area contributed by atoms with Crippen molar-refractivity contribution in [1.29, 1.82) is 5.26 Å². The summed E-state index contributed by atoms with van der Waals surface area (Å²) in [6.07, 6.45) is -0.144. The Labute approximate surface area is 110 Å². The summed E-state index contributed by atoms with van der Waals surface area (Å²) in [5, 5.41) is 8.64. The first-order valence-corrected chi connectivity index (χ1v) is 7.17. The molecule has 1 aliphatic rings. The molecule has 0 amide bonds. The van der Waals surface area contributed by atoms with Crippen LogP contribution >= 0.6 is 0 Å². The first-order chi connectivity index (χ1) is 8.85. The average Bonchev–Trinajstić information content (AvgIpc) is 2.37. The maximum absolute atomic E-state index is 13.3. The van der Waals surface area contributed by atoms with Gasteiger partial charge in [0.25, 0.3) is 5.92 Å². The number of alkyl halides is 2. The van der Waals surface area contributed by atoms with Crippen molar-refractivity contribution in [2.24, 2.45) is 0 Å². The second-order valence-corrected chi connectivity index (χ2v) is 6.37. The van der Waals surface area contributed by atoms with Gasteiger partial charge in [0.2, 0.25) is 10.0 Å². The van der Waals surface area contributed by atoms with Crippen LogP contribution in [0.1, 0.15) is 18.4 Å². The van der Waals surface area contributed by atoms with Gasteiger partial charge in [0.1, 0.15) is 0 Å². The molecule has 1 saturated heterocycles. The van der Waals surface area contributed by atoms with Crippen LogP contribution in [0.2, 0.25) is 0 Å². The van der Waals surface area contributed by atoms with Crippen LogP contribution in [0.4, 0.5) is 8.78 Å². The van der Waals surface area contributed by atoms with Gasteiger partial charge in [0.15, 0.2) is 0 Å². The minimum atomic E-state index is -3.91. The minimum Gasteiger partial charge on any atom is -0.207 e. The van der Waals surface area contributed by atoms with E-state index in [2.05, 4.69) is 0 Å². The molecule has 0 aliphatic carbocycles. The quantitative estimate of drug-likeness (QED) is 0.835. The number of nitriles is 1. The van der Waals surface area contributed by atoms with E-state index in [9.17, 15) is 17.2 Å². The van der Waals surface area contributed by atoms with Gasteiger partial charge in [-0.25, -0.2) is 17.2 Å². The monoisotopic (exact) mass is 286 g/mol. The smallest absolute Gasteiger partial charge is 0.207 e. The topological polar surface area (TPSA) is 61.2 Å². The van der Waals surface area contributed by atoms with Gasteiger partial charge in [-0.3, -0.25) is 0 Å². The number of piperidine rings is 1. The average molecular weight is 286 g/mol. The molecule has 1 aromatic rings. The third-order valence-corrected chi connectivity index (χ3v) is 4.84. The Morgan fingerprint density at radius 1 is 1.26 bits per heavy atom. The molecule has 0 radical (unpaired) electrons. The van der Waals surface area contributed by atoms with Crippen molar-refractivity contribution < 1.29 is 17.2 Å². The fourth-order valence-electron chi connectivity index (χ4n) is 1.99. The highest BCUT2D eigenvalue weighted by Crippen LogP contribution is 2.30. The molecule has 2 rings (SSSR count). The SMILES string of the molecule is N#Cc1ccc(S(=O)(=O)N2CCCC(F)(F)C2)cc1. The summed E-state index contributed by atoms with van der Waals surface area (Å²) in [4.78, 5) is -0.0656. The van der Waals surface area contributed by atoms with Crippen LogP contribution in [0.25, 0.3) is 0 Å². The second kappa shape index (κ2) is 4.87. The summed E-state index contributed by atoms with van der Waals surface area (Å²) in [7, 11) is -3.91. The fourth-order valence-corrected chi connectivity index (χ4v) is 3.49. The molecule has 1 fully saturated rings. The van der Waals surface area contributed by atoms with Gasteiger partial charge in [0, 0.05) is 13.0 Å².